The van der Waals surface area contributed by atoms with Crippen LogP contribution in [-0.4, -0.2) is 24.9 Å². The lowest BCUT2D eigenvalue weighted by molar-refractivity contribution is 0.169. The van der Waals surface area contributed by atoms with Crippen molar-refractivity contribution in [2.75, 3.05) is 7.11 Å². The first kappa shape index (κ1) is 19.2. The number of carbonyl (C=O) groups excluding carboxylic acids is 1. The highest BCUT2D eigenvalue weighted by Gasteiger charge is 2.36. The van der Waals surface area contributed by atoms with E-state index in [0.29, 0.717) is 11.4 Å². The second-order valence-corrected chi connectivity index (χ2v) is 6.63. The zero-order valence-electron chi connectivity index (χ0n) is 14.2. The van der Waals surface area contributed by atoms with Crippen molar-refractivity contribution in [3.8, 4) is 5.75 Å². The Morgan fingerprint density at radius 2 is 1.81 bits per heavy atom. The van der Waals surface area contributed by atoms with Gasteiger partial charge in [-0.1, -0.05) is 30.3 Å². The Balaban J connectivity index is 2.12. The number of amides is 1. The Labute approximate surface area is 152 Å². The van der Waals surface area contributed by atoms with E-state index in [2.05, 4.69) is 15.0 Å². The number of ether oxygens (including phenoxy) is 1. The predicted octanol–water partition coefficient (Wildman–Crippen LogP) is 2.64. The summed E-state index contributed by atoms with van der Waals surface area (Å²) in [6.45, 7) is 0. The largest absolute Gasteiger partial charge is 0.581 e. The summed E-state index contributed by atoms with van der Waals surface area (Å²) in [6, 6.07) is 15.7. The van der Waals surface area contributed by atoms with E-state index < -0.39 is 19.9 Å². The molecule has 5 N–H and O–H groups in total. The third-order valence-corrected chi connectivity index (χ3v) is 4.50. The summed E-state index contributed by atoms with van der Waals surface area (Å²) in [5, 5.41) is 2.54. The van der Waals surface area contributed by atoms with Gasteiger partial charge in [-0.15, -0.1) is 0 Å². The molecule has 2 atom stereocenters. The van der Waals surface area contributed by atoms with Gasteiger partial charge in [0.15, 0.2) is 11.7 Å². The molecule has 136 valence electrons. The first-order chi connectivity index (χ1) is 12.5. The van der Waals surface area contributed by atoms with Gasteiger partial charge in [0.25, 0.3) is 5.78 Å². The minimum atomic E-state index is -2.23. The number of nitrogens with one attached hydrogen (secondary N) is 1. The van der Waals surface area contributed by atoms with Crippen LogP contribution in [0, 0.1) is 0 Å². The number of hydrogen-bond acceptors (Lipinski definition) is 5. The second-order valence-electron chi connectivity index (χ2n) is 5.25. The van der Waals surface area contributed by atoms with Crippen LogP contribution in [0.25, 0.3) is 0 Å². The summed E-state index contributed by atoms with van der Waals surface area (Å²) in [4.78, 5) is 15.5. The quantitative estimate of drug-likeness (QED) is 0.388. The summed E-state index contributed by atoms with van der Waals surface area (Å²) in [6.07, 6.45) is -0.411. The number of carbonyl (C=O) groups is 1. The van der Waals surface area contributed by atoms with E-state index in [1.54, 1.807) is 48.5 Å². The van der Waals surface area contributed by atoms with Crippen molar-refractivity contribution in [2.24, 2.45) is 16.5 Å². The monoisotopic (exact) mass is 375 g/mol. The molecule has 2 aromatic rings. The lowest BCUT2D eigenvalue weighted by Crippen LogP contribution is -2.34. The molecule has 0 aliphatic rings. The normalized spacial score (nSPS) is 11.8. The highest BCUT2D eigenvalue weighted by atomic mass is 31.1. The van der Waals surface area contributed by atoms with Crippen molar-refractivity contribution in [3.63, 3.8) is 0 Å². The smallest absolute Gasteiger partial charge is 0.453 e. The van der Waals surface area contributed by atoms with Gasteiger partial charge in [-0.05, 0) is 34.4 Å². The number of hydrogen-bond donors (Lipinski definition) is 3. The molecule has 2 unspecified atom stereocenters. The van der Waals surface area contributed by atoms with Crippen molar-refractivity contribution in [2.45, 2.75) is 12.2 Å². The van der Waals surface area contributed by atoms with Crippen molar-refractivity contribution in [1.29, 1.82) is 0 Å². The number of rotatable bonds is 7. The Kier molecular flexibility index (Phi) is 6.93. The van der Waals surface area contributed by atoms with Gasteiger partial charge >= 0.3 is 14.1 Å². The topological polar surface area (TPSA) is 129 Å². The average Bonchev–Trinajstić information content (AvgIpc) is 2.63. The lowest BCUT2D eigenvalue weighted by atomic mass is 10.1. The number of aliphatic imine (C=N–C) groups is 1. The highest BCUT2D eigenvalue weighted by Crippen LogP contribution is 2.32. The fraction of sp³-hybridized carbons (Fsp3) is 0.176. The Bertz CT molecular complexity index is 777. The summed E-state index contributed by atoms with van der Waals surface area (Å²) in [5.74, 6) is -0.359. The number of para-hydroxylation sites is 1. The SMILES string of the molecule is COC(=O)NC(Cc1ccc(N=C(N)N)cc1)[P+](=O)Oc1ccccc1. The molecule has 0 aliphatic heterocycles. The molecule has 1 amide bonds. The van der Waals surface area contributed by atoms with Crippen molar-refractivity contribution < 1.29 is 18.6 Å². The van der Waals surface area contributed by atoms with Crippen molar-refractivity contribution in [3.05, 3.63) is 60.2 Å². The van der Waals surface area contributed by atoms with Crippen LogP contribution in [0.1, 0.15) is 5.56 Å². The summed E-state index contributed by atoms with van der Waals surface area (Å²) in [7, 11) is -0.996. The molecule has 0 bridgehead atoms. The second kappa shape index (κ2) is 9.39. The molecule has 0 aliphatic carbocycles. The number of alkyl carbamates (subject to hydrolysis) is 1. The average molecular weight is 375 g/mol. The van der Waals surface area contributed by atoms with Crippen LogP contribution in [0.15, 0.2) is 59.6 Å². The molecule has 0 saturated heterocycles. The molecule has 0 spiro atoms. The van der Waals surface area contributed by atoms with Crippen LogP contribution in [0.2, 0.25) is 0 Å². The van der Waals surface area contributed by atoms with E-state index in [1.807, 2.05) is 6.07 Å². The molecule has 0 aromatic heterocycles. The fourth-order valence-electron chi connectivity index (χ4n) is 2.10. The zero-order valence-corrected chi connectivity index (χ0v) is 15.1. The zero-order chi connectivity index (χ0) is 18.9. The summed E-state index contributed by atoms with van der Waals surface area (Å²) in [5.41, 5.74) is 12.1. The maximum atomic E-state index is 12.6. The van der Waals surface area contributed by atoms with Crippen LogP contribution in [-0.2, 0) is 15.7 Å². The summed E-state index contributed by atoms with van der Waals surface area (Å²) >= 11 is 0. The lowest BCUT2D eigenvalue weighted by Gasteiger charge is -2.09. The van der Waals surface area contributed by atoms with Gasteiger partial charge in [0, 0.05) is 6.42 Å². The number of nitrogens with two attached hydrogens (primary N) is 2. The van der Waals surface area contributed by atoms with Crippen molar-refractivity contribution in [1.82, 2.24) is 5.32 Å². The third kappa shape index (κ3) is 6.07. The maximum absolute atomic E-state index is 12.6. The predicted molar refractivity (Wildman–Crippen MR) is 99.6 cm³/mol. The van der Waals surface area contributed by atoms with Gasteiger partial charge in [0.2, 0.25) is 0 Å². The molecule has 9 heteroatoms. The van der Waals surface area contributed by atoms with Gasteiger partial charge < -0.3 is 16.2 Å². The van der Waals surface area contributed by atoms with E-state index in [0.717, 1.165) is 5.56 Å². The van der Waals surface area contributed by atoms with Crippen LogP contribution in [0.3, 0.4) is 0 Å². The van der Waals surface area contributed by atoms with E-state index in [-0.39, 0.29) is 12.4 Å². The highest BCUT2D eigenvalue weighted by molar-refractivity contribution is 7.40. The maximum Gasteiger partial charge on any atom is 0.581 e. The van der Waals surface area contributed by atoms with Crippen molar-refractivity contribution >= 4 is 25.8 Å². The first-order valence-electron chi connectivity index (χ1n) is 7.70. The van der Waals surface area contributed by atoms with E-state index in [1.165, 1.54) is 7.11 Å². The van der Waals surface area contributed by atoms with E-state index in [4.69, 9.17) is 16.0 Å². The Morgan fingerprint density at radius 1 is 1.15 bits per heavy atom. The van der Waals surface area contributed by atoms with Crippen LogP contribution in [0.4, 0.5) is 10.5 Å². The van der Waals surface area contributed by atoms with Crippen LogP contribution in [0.5, 0.6) is 5.75 Å². The number of methoxy groups -OCH3 is 1. The molecule has 26 heavy (non-hydrogen) atoms. The van der Waals surface area contributed by atoms with Gasteiger partial charge in [0.05, 0.1) is 12.8 Å². The van der Waals surface area contributed by atoms with Crippen LogP contribution >= 0.6 is 8.03 Å². The fourth-order valence-corrected chi connectivity index (χ4v) is 3.13. The molecule has 8 nitrogen and oxygen atoms in total. The Hall–Kier alpha value is -3.12. The molecule has 0 fully saturated rings. The molecule has 2 rings (SSSR count). The van der Waals surface area contributed by atoms with Gasteiger partial charge in [-0.25, -0.2) is 9.79 Å². The van der Waals surface area contributed by atoms with Gasteiger partial charge in [-0.2, -0.15) is 0 Å². The Morgan fingerprint density at radius 3 is 2.38 bits per heavy atom. The molecule has 0 heterocycles. The van der Waals surface area contributed by atoms with Crippen LogP contribution < -0.4 is 21.3 Å². The molecular weight excluding hydrogens is 355 g/mol. The van der Waals surface area contributed by atoms with E-state index in [9.17, 15) is 9.36 Å². The minimum Gasteiger partial charge on any atom is -0.453 e. The number of nitrogens with zero attached hydrogens (tertiary/aromatic N) is 1. The molecule has 0 radical (unpaired) electrons. The minimum absolute atomic E-state index is 0.0395. The standard InChI is InChI=1S/C17H19N4O4P/c1-24-17(22)21-15(26(23)25-14-5-3-2-4-6-14)11-12-7-9-13(10-8-12)20-16(18)19/h2-10,15H,11H2,1H3,(H4-,18,19,20,21,22)/p+1. The third-order valence-electron chi connectivity index (χ3n) is 3.29. The number of benzene rings is 2. The first-order valence-corrected chi connectivity index (χ1v) is 8.95. The van der Waals surface area contributed by atoms with Gasteiger partial charge in [-0.3, -0.25) is 9.84 Å². The number of guanidine groups is 1. The molecule has 0 saturated carbocycles. The summed E-state index contributed by atoms with van der Waals surface area (Å²) < 4.78 is 22.6. The van der Waals surface area contributed by atoms with Gasteiger partial charge in [0.1, 0.15) is 0 Å². The molecule has 2 aromatic carbocycles. The van der Waals surface area contributed by atoms with E-state index >= 15 is 0 Å². The molecular formula is C17H20N4O4P+.